The highest BCUT2D eigenvalue weighted by molar-refractivity contribution is 6.40. The summed E-state index contributed by atoms with van der Waals surface area (Å²) in [6.07, 6.45) is 0. The molecule has 1 aliphatic rings. The lowest BCUT2D eigenvalue weighted by Crippen LogP contribution is -2.23. The number of aromatic hydroxyl groups is 1. The third kappa shape index (κ3) is 3.48. The lowest BCUT2D eigenvalue weighted by molar-refractivity contribution is 0.0925. The van der Waals surface area contributed by atoms with Crippen LogP contribution in [0.2, 0.25) is 0 Å². The van der Waals surface area contributed by atoms with Gasteiger partial charge in [0, 0.05) is 22.3 Å². The van der Waals surface area contributed by atoms with E-state index in [9.17, 15) is 14.7 Å². The smallest absolute Gasteiger partial charge is 0.229 e. The van der Waals surface area contributed by atoms with Crippen molar-refractivity contribution in [1.29, 1.82) is 0 Å². The summed E-state index contributed by atoms with van der Waals surface area (Å²) in [7, 11) is 1.41. The fourth-order valence-electron chi connectivity index (χ4n) is 3.73. The van der Waals surface area contributed by atoms with Crippen molar-refractivity contribution in [3.05, 3.63) is 70.0 Å². The molecule has 0 atom stereocenters. The Morgan fingerprint density at radius 1 is 0.793 bits per heavy atom. The molecule has 0 unspecified atom stereocenters. The minimum absolute atomic E-state index is 0.0408. The number of benzene rings is 2. The Kier molecular flexibility index (Phi) is 4.94. The molecule has 0 saturated carbocycles. The number of carbonyl (C=O) groups is 2. The minimum Gasteiger partial charge on any atom is -0.507 e. The molecule has 0 amide bonds. The van der Waals surface area contributed by atoms with Gasteiger partial charge in [-0.05, 0) is 28.5 Å². The maximum atomic E-state index is 13.4. The summed E-state index contributed by atoms with van der Waals surface area (Å²) >= 11 is 0. The van der Waals surface area contributed by atoms with Gasteiger partial charge in [0.1, 0.15) is 5.75 Å². The number of rotatable bonds is 2. The molecule has 1 N–H and O–H groups in total. The molecule has 2 aromatic rings. The van der Waals surface area contributed by atoms with E-state index in [0.717, 1.165) is 11.1 Å². The summed E-state index contributed by atoms with van der Waals surface area (Å²) in [4.78, 5) is 26.4. The summed E-state index contributed by atoms with van der Waals surface area (Å²) in [5.74, 6) is -0.287. The molecule has 152 valence electrons. The normalized spacial score (nSPS) is 14.9. The highest BCUT2D eigenvalue weighted by Crippen LogP contribution is 2.43. The monoisotopic (exact) mass is 392 g/mol. The molecule has 1 aliphatic carbocycles. The lowest BCUT2D eigenvalue weighted by Gasteiger charge is -2.29. The van der Waals surface area contributed by atoms with Crippen LogP contribution in [0.15, 0.2) is 42.2 Å². The fourth-order valence-corrected chi connectivity index (χ4v) is 3.73. The largest absolute Gasteiger partial charge is 0.507 e. The highest BCUT2D eigenvalue weighted by atomic mass is 16.5. The number of Topliss-reactive ketones (excluding diaryl/α,β-unsaturated/α-hetero) is 2. The molecular weight excluding hydrogens is 364 g/mol. The van der Waals surface area contributed by atoms with Gasteiger partial charge in [-0.1, -0.05) is 65.8 Å². The average Bonchev–Trinajstić information content (AvgIpc) is 2.63. The number of hydrogen-bond donors (Lipinski definition) is 1. The Morgan fingerprint density at radius 2 is 1.24 bits per heavy atom. The molecule has 0 aromatic heterocycles. The number of phenols is 1. The summed E-state index contributed by atoms with van der Waals surface area (Å²) < 4.78 is 5.43. The van der Waals surface area contributed by atoms with Crippen LogP contribution in [-0.4, -0.2) is 23.8 Å². The molecule has 4 heteroatoms. The number of phenolic OH excluding ortho intramolecular Hbond substituents is 1. The predicted molar refractivity (Wildman–Crippen MR) is 115 cm³/mol. The van der Waals surface area contributed by atoms with E-state index in [1.54, 1.807) is 36.4 Å². The number of ether oxygens (including phenoxy) is 1. The van der Waals surface area contributed by atoms with E-state index in [4.69, 9.17) is 4.74 Å². The Hall–Kier alpha value is -2.88. The first-order valence-corrected chi connectivity index (χ1v) is 9.73. The first-order valence-electron chi connectivity index (χ1n) is 9.73. The zero-order valence-corrected chi connectivity index (χ0v) is 18.1. The van der Waals surface area contributed by atoms with Crippen molar-refractivity contribution in [3.8, 4) is 5.75 Å². The maximum Gasteiger partial charge on any atom is 0.229 e. The van der Waals surface area contributed by atoms with Gasteiger partial charge in [-0.25, -0.2) is 0 Å². The van der Waals surface area contributed by atoms with E-state index in [1.807, 2.05) is 41.5 Å². The van der Waals surface area contributed by atoms with Gasteiger partial charge < -0.3 is 9.84 Å². The van der Waals surface area contributed by atoms with E-state index >= 15 is 0 Å². The van der Waals surface area contributed by atoms with Gasteiger partial charge >= 0.3 is 0 Å². The summed E-state index contributed by atoms with van der Waals surface area (Å²) in [6, 6.07) is 10.4. The van der Waals surface area contributed by atoms with Crippen molar-refractivity contribution < 1.29 is 19.4 Å². The first kappa shape index (κ1) is 20.8. The average molecular weight is 392 g/mol. The lowest BCUT2D eigenvalue weighted by atomic mass is 9.76. The summed E-state index contributed by atoms with van der Waals surface area (Å²) in [5.41, 5.74) is 2.29. The van der Waals surface area contributed by atoms with Crippen LogP contribution in [0.5, 0.6) is 5.75 Å². The van der Waals surface area contributed by atoms with Gasteiger partial charge in [0.25, 0.3) is 0 Å². The number of methoxy groups -OCH3 is 1. The zero-order valence-electron chi connectivity index (χ0n) is 18.1. The SMILES string of the molecule is COC1=C(c2cc(C(C)(C)C)c(O)c(C(C)(C)C)c2)C(=O)c2ccccc2C1=O. The molecule has 0 radical (unpaired) electrons. The molecule has 29 heavy (non-hydrogen) atoms. The van der Waals surface area contributed by atoms with Crippen molar-refractivity contribution >= 4 is 17.1 Å². The van der Waals surface area contributed by atoms with Crippen LogP contribution in [0, 0.1) is 0 Å². The van der Waals surface area contributed by atoms with Crippen LogP contribution >= 0.6 is 0 Å². The van der Waals surface area contributed by atoms with Gasteiger partial charge in [0.15, 0.2) is 11.5 Å². The zero-order chi connectivity index (χ0) is 21.7. The second kappa shape index (κ2) is 6.87. The Labute approximate surface area is 172 Å². The van der Waals surface area contributed by atoms with Crippen molar-refractivity contribution in [2.75, 3.05) is 7.11 Å². The van der Waals surface area contributed by atoms with Gasteiger partial charge in [-0.15, -0.1) is 0 Å². The van der Waals surface area contributed by atoms with Crippen molar-refractivity contribution in [3.63, 3.8) is 0 Å². The number of hydrogen-bond acceptors (Lipinski definition) is 4. The molecule has 0 saturated heterocycles. The standard InChI is InChI=1S/C25H28O4/c1-24(2,3)17-12-14(13-18(22(17)28)25(4,5)6)19-20(26)15-10-8-9-11-16(15)21(27)23(19)29-7/h8-13,28H,1-7H3. The molecule has 0 bridgehead atoms. The third-order valence-corrected chi connectivity index (χ3v) is 5.30. The molecule has 4 nitrogen and oxygen atoms in total. The quantitative estimate of drug-likeness (QED) is 0.741. The van der Waals surface area contributed by atoms with E-state index in [2.05, 4.69) is 0 Å². The van der Waals surface area contributed by atoms with Crippen molar-refractivity contribution in [1.82, 2.24) is 0 Å². The van der Waals surface area contributed by atoms with Gasteiger partial charge in [0.2, 0.25) is 5.78 Å². The number of allylic oxidation sites excluding steroid dienone is 2. The van der Waals surface area contributed by atoms with Gasteiger partial charge in [0.05, 0.1) is 12.7 Å². The summed E-state index contributed by atoms with van der Waals surface area (Å²) in [6.45, 7) is 12.0. The van der Waals surface area contributed by atoms with Gasteiger partial charge in [-0.3, -0.25) is 9.59 Å². The minimum atomic E-state index is -0.354. The first-order chi connectivity index (χ1) is 13.4. The Bertz CT molecular complexity index is 1010. The predicted octanol–water partition coefficient (Wildman–Crippen LogP) is 5.42. The van der Waals surface area contributed by atoms with E-state index in [-0.39, 0.29) is 39.5 Å². The van der Waals surface area contributed by atoms with E-state index in [0.29, 0.717) is 16.7 Å². The Morgan fingerprint density at radius 3 is 1.66 bits per heavy atom. The second-order valence-corrected chi connectivity index (χ2v) is 9.53. The molecule has 2 aromatic carbocycles. The van der Waals surface area contributed by atoms with Crippen LogP contribution in [0.25, 0.3) is 5.57 Å². The molecule has 0 fully saturated rings. The van der Waals surface area contributed by atoms with Crippen molar-refractivity contribution in [2.45, 2.75) is 52.4 Å². The van der Waals surface area contributed by atoms with E-state index in [1.165, 1.54) is 7.11 Å². The Balaban J connectivity index is 2.38. The number of ketones is 2. The number of fused-ring (bicyclic) bond motifs is 1. The third-order valence-electron chi connectivity index (χ3n) is 5.30. The van der Waals surface area contributed by atoms with Gasteiger partial charge in [-0.2, -0.15) is 0 Å². The highest BCUT2D eigenvalue weighted by Gasteiger charge is 2.36. The molecule has 0 aliphatic heterocycles. The van der Waals surface area contributed by atoms with Crippen molar-refractivity contribution in [2.24, 2.45) is 0 Å². The second-order valence-electron chi connectivity index (χ2n) is 9.53. The van der Waals surface area contributed by atoms with Crippen LogP contribution in [0.1, 0.15) is 78.9 Å². The maximum absolute atomic E-state index is 13.4. The van der Waals surface area contributed by atoms with Crippen LogP contribution in [0.4, 0.5) is 0 Å². The fraction of sp³-hybridized carbons (Fsp3) is 0.360. The van der Waals surface area contributed by atoms with Crippen LogP contribution in [0.3, 0.4) is 0 Å². The van der Waals surface area contributed by atoms with Crippen LogP contribution in [-0.2, 0) is 15.6 Å². The molecular formula is C25H28O4. The molecule has 3 rings (SSSR count). The van der Waals surface area contributed by atoms with E-state index < -0.39 is 0 Å². The number of carbonyl (C=O) groups excluding carboxylic acids is 2. The molecule has 0 heterocycles. The topological polar surface area (TPSA) is 63.6 Å². The summed E-state index contributed by atoms with van der Waals surface area (Å²) in [5, 5.41) is 11.0. The van der Waals surface area contributed by atoms with Crippen LogP contribution < -0.4 is 0 Å². The molecule has 0 spiro atoms.